The molecule has 0 aromatic rings. The van der Waals surface area contributed by atoms with E-state index in [1.165, 1.54) is 0 Å². The Morgan fingerprint density at radius 1 is 1.40 bits per heavy atom. The van der Waals surface area contributed by atoms with Crippen LogP contribution in [0.3, 0.4) is 0 Å². The standard InChI is InChI=1S/C15H28O4Si/c1-9-15(16,12-10-17-14(5,6)19-12)11-18-20(7,8)13(2,3)4/h1,12,16H,10-11H2,2-8H3/t12-,15-/m1/s1. The van der Waals surface area contributed by atoms with Gasteiger partial charge in [0.25, 0.3) is 0 Å². The van der Waals surface area contributed by atoms with Crippen LogP contribution in [-0.4, -0.2) is 44.1 Å². The molecule has 0 amide bonds. The zero-order valence-electron chi connectivity index (χ0n) is 13.7. The molecule has 0 aliphatic carbocycles. The van der Waals surface area contributed by atoms with Gasteiger partial charge in [-0.15, -0.1) is 6.42 Å². The van der Waals surface area contributed by atoms with Gasteiger partial charge in [-0.25, -0.2) is 0 Å². The Morgan fingerprint density at radius 2 is 1.95 bits per heavy atom. The summed E-state index contributed by atoms with van der Waals surface area (Å²) in [6.45, 7) is 14.6. The van der Waals surface area contributed by atoms with Crippen LogP contribution >= 0.6 is 0 Å². The van der Waals surface area contributed by atoms with Gasteiger partial charge in [0, 0.05) is 0 Å². The molecular weight excluding hydrogens is 272 g/mol. The van der Waals surface area contributed by atoms with Crippen LogP contribution in [0.4, 0.5) is 0 Å². The lowest BCUT2D eigenvalue weighted by Crippen LogP contribution is -2.52. The molecule has 0 aromatic carbocycles. The average molecular weight is 300 g/mol. The number of rotatable bonds is 4. The van der Waals surface area contributed by atoms with Crippen molar-refractivity contribution in [1.82, 2.24) is 0 Å². The summed E-state index contributed by atoms with van der Waals surface area (Å²) in [5.41, 5.74) is -1.46. The van der Waals surface area contributed by atoms with E-state index in [9.17, 15) is 5.11 Å². The van der Waals surface area contributed by atoms with E-state index in [0.717, 1.165) is 0 Å². The Bertz CT molecular complexity index is 392. The maximum absolute atomic E-state index is 10.6. The van der Waals surface area contributed by atoms with Gasteiger partial charge >= 0.3 is 0 Å². The number of aliphatic hydroxyl groups is 1. The van der Waals surface area contributed by atoms with Gasteiger partial charge in [0.1, 0.15) is 6.10 Å². The highest BCUT2D eigenvalue weighted by molar-refractivity contribution is 6.74. The summed E-state index contributed by atoms with van der Waals surface area (Å²) in [6.07, 6.45) is 4.95. The van der Waals surface area contributed by atoms with E-state index < -0.39 is 25.8 Å². The molecule has 0 aromatic heterocycles. The lowest BCUT2D eigenvalue weighted by atomic mass is 10.00. The zero-order chi connectivity index (χ0) is 15.8. The fraction of sp³-hybridized carbons (Fsp3) is 0.867. The normalized spacial score (nSPS) is 26.1. The Hall–Kier alpha value is -0.383. The third-order valence-corrected chi connectivity index (χ3v) is 8.73. The van der Waals surface area contributed by atoms with E-state index in [1.54, 1.807) is 13.8 Å². The van der Waals surface area contributed by atoms with Gasteiger partial charge in [-0.3, -0.25) is 0 Å². The highest BCUT2D eigenvalue weighted by atomic mass is 28.4. The largest absolute Gasteiger partial charge is 0.413 e. The van der Waals surface area contributed by atoms with Crippen molar-refractivity contribution >= 4 is 8.32 Å². The second kappa shape index (κ2) is 5.43. The molecule has 1 fully saturated rings. The summed E-state index contributed by atoms with van der Waals surface area (Å²) < 4.78 is 17.2. The number of terminal acetylenes is 1. The minimum Gasteiger partial charge on any atom is -0.413 e. The first-order chi connectivity index (χ1) is 8.83. The monoisotopic (exact) mass is 300 g/mol. The second-order valence-corrected chi connectivity index (χ2v) is 12.2. The van der Waals surface area contributed by atoms with Crippen LogP contribution < -0.4 is 0 Å². The van der Waals surface area contributed by atoms with Crippen molar-refractivity contribution < 1.29 is 19.0 Å². The molecule has 1 N–H and O–H groups in total. The summed E-state index contributed by atoms with van der Waals surface area (Å²) in [4.78, 5) is 0. The fourth-order valence-electron chi connectivity index (χ4n) is 1.66. The van der Waals surface area contributed by atoms with Crippen molar-refractivity contribution in [3.63, 3.8) is 0 Å². The molecule has 0 spiro atoms. The molecular formula is C15H28O4Si. The Labute approximate surface area is 123 Å². The van der Waals surface area contributed by atoms with E-state index in [1.807, 2.05) is 0 Å². The lowest BCUT2D eigenvalue weighted by molar-refractivity contribution is -0.164. The Balaban J connectivity index is 2.76. The van der Waals surface area contributed by atoms with Gasteiger partial charge in [0.2, 0.25) is 0 Å². The second-order valence-electron chi connectivity index (χ2n) is 7.43. The molecule has 20 heavy (non-hydrogen) atoms. The van der Waals surface area contributed by atoms with Gasteiger partial charge in [-0.2, -0.15) is 0 Å². The summed E-state index contributed by atoms with van der Waals surface area (Å²) in [5, 5.41) is 10.7. The Kier molecular flexibility index (Phi) is 4.80. The van der Waals surface area contributed by atoms with E-state index in [4.69, 9.17) is 20.3 Å². The quantitative estimate of drug-likeness (QED) is 0.640. The predicted octanol–water partition coefficient (Wildman–Crippen LogP) is 2.52. The summed E-state index contributed by atoms with van der Waals surface area (Å²) in [7, 11) is -1.97. The third-order valence-electron chi connectivity index (χ3n) is 4.25. The molecule has 0 saturated carbocycles. The molecule has 5 heteroatoms. The molecule has 1 rings (SSSR count). The van der Waals surface area contributed by atoms with Crippen LogP contribution in [0.15, 0.2) is 0 Å². The van der Waals surface area contributed by atoms with E-state index in [-0.39, 0.29) is 18.3 Å². The number of hydrogen-bond acceptors (Lipinski definition) is 4. The molecule has 2 atom stereocenters. The molecule has 0 bridgehead atoms. The predicted molar refractivity (Wildman–Crippen MR) is 81.8 cm³/mol. The Morgan fingerprint density at radius 3 is 2.30 bits per heavy atom. The molecule has 0 unspecified atom stereocenters. The third kappa shape index (κ3) is 3.83. The lowest BCUT2D eigenvalue weighted by Gasteiger charge is -2.39. The van der Waals surface area contributed by atoms with Crippen molar-refractivity contribution in [1.29, 1.82) is 0 Å². The van der Waals surface area contributed by atoms with Crippen LogP contribution in [0.2, 0.25) is 18.1 Å². The molecule has 116 valence electrons. The van der Waals surface area contributed by atoms with Crippen LogP contribution in [0.1, 0.15) is 34.6 Å². The van der Waals surface area contributed by atoms with Crippen LogP contribution in [0.25, 0.3) is 0 Å². The minimum atomic E-state index is -1.97. The maximum Gasteiger partial charge on any atom is 0.192 e. The first-order valence-corrected chi connectivity index (χ1v) is 9.90. The van der Waals surface area contributed by atoms with Gasteiger partial charge in [-0.1, -0.05) is 26.7 Å². The number of ether oxygens (including phenoxy) is 2. The van der Waals surface area contributed by atoms with Crippen LogP contribution in [0, 0.1) is 12.3 Å². The topological polar surface area (TPSA) is 47.9 Å². The SMILES string of the molecule is C#C[C@@](O)(CO[Si](C)(C)C(C)(C)C)[C@H]1COC(C)(C)O1. The summed E-state index contributed by atoms with van der Waals surface area (Å²) >= 11 is 0. The summed E-state index contributed by atoms with van der Waals surface area (Å²) in [5.74, 6) is 1.71. The highest BCUT2D eigenvalue weighted by Gasteiger charge is 2.47. The van der Waals surface area contributed by atoms with Gasteiger partial charge in [0.15, 0.2) is 19.7 Å². The zero-order valence-corrected chi connectivity index (χ0v) is 14.7. The van der Waals surface area contributed by atoms with Crippen LogP contribution in [-0.2, 0) is 13.9 Å². The van der Waals surface area contributed by atoms with Crippen molar-refractivity contribution in [2.24, 2.45) is 0 Å². The van der Waals surface area contributed by atoms with E-state index >= 15 is 0 Å². The van der Waals surface area contributed by atoms with E-state index in [2.05, 4.69) is 39.8 Å². The van der Waals surface area contributed by atoms with Crippen molar-refractivity contribution in [3.8, 4) is 12.3 Å². The molecule has 1 aliphatic rings. The molecule has 0 radical (unpaired) electrons. The first kappa shape index (κ1) is 17.7. The fourth-order valence-corrected chi connectivity index (χ4v) is 2.67. The van der Waals surface area contributed by atoms with Crippen molar-refractivity contribution in [3.05, 3.63) is 0 Å². The van der Waals surface area contributed by atoms with Gasteiger partial charge in [-0.05, 0) is 32.0 Å². The highest BCUT2D eigenvalue weighted by Crippen LogP contribution is 2.38. The van der Waals surface area contributed by atoms with Crippen LogP contribution in [0.5, 0.6) is 0 Å². The van der Waals surface area contributed by atoms with Gasteiger partial charge < -0.3 is 19.0 Å². The maximum atomic E-state index is 10.6. The molecule has 1 heterocycles. The molecule has 4 nitrogen and oxygen atoms in total. The number of hydrogen-bond donors (Lipinski definition) is 1. The first-order valence-electron chi connectivity index (χ1n) is 6.99. The smallest absolute Gasteiger partial charge is 0.192 e. The molecule has 1 aliphatic heterocycles. The summed E-state index contributed by atoms with van der Waals surface area (Å²) in [6, 6.07) is 0. The van der Waals surface area contributed by atoms with Crippen molar-refractivity contribution in [2.75, 3.05) is 13.2 Å². The minimum absolute atomic E-state index is 0.0643. The van der Waals surface area contributed by atoms with E-state index in [0.29, 0.717) is 0 Å². The van der Waals surface area contributed by atoms with Crippen molar-refractivity contribution in [2.45, 2.75) is 70.2 Å². The molecule has 1 saturated heterocycles. The average Bonchev–Trinajstić information content (AvgIpc) is 2.66. The van der Waals surface area contributed by atoms with Gasteiger partial charge in [0.05, 0.1) is 13.2 Å².